The van der Waals surface area contributed by atoms with Gasteiger partial charge in [-0.1, -0.05) is 30.7 Å². The highest BCUT2D eigenvalue weighted by Gasteiger charge is 2.07. The fourth-order valence-corrected chi connectivity index (χ4v) is 2.43. The summed E-state index contributed by atoms with van der Waals surface area (Å²) in [7, 11) is 2.00. The maximum atomic E-state index is 5.99. The zero-order valence-corrected chi connectivity index (χ0v) is 11.6. The molecule has 0 spiro atoms. The van der Waals surface area contributed by atoms with E-state index in [-0.39, 0.29) is 0 Å². The molecule has 0 saturated heterocycles. The lowest BCUT2D eigenvalue weighted by atomic mass is 10.1. The number of rotatable bonds is 5. The minimum atomic E-state index is 0.436. The van der Waals surface area contributed by atoms with Crippen molar-refractivity contribution in [3.8, 4) is 0 Å². The standard InChI is InChI=1S/C15H19ClN2/c1-3-15(17-2)13-7-8-18(11-13)10-12-5-4-6-14(16)9-12/h4-9,11,15,17H,3,10H2,1-2H3. The molecule has 1 unspecified atom stereocenters. The molecule has 2 aromatic rings. The summed E-state index contributed by atoms with van der Waals surface area (Å²) >= 11 is 5.99. The molecule has 0 saturated carbocycles. The number of hydrogen-bond donors (Lipinski definition) is 1. The third kappa shape index (κ3) is 3.15. The number of halogens is 1. The maximum Gasteiger partial charge on any atom is 0.0470 e. The molecule has 1 aromatic carbocycles. The summed E-state index contributed by atoms with van der Waals surface area (Å²) in [4.78, 5) is 0. The van der Waals surface area contributed by atoms with Gasteiger partial charge in [-0.3, -0.25) is 0 Å². The van der Waals surface area contributed by atoms with Gasteiger partial charge in [0.2, 0.25) is 0 Å². The Balaban J connectivity index is 2.11. The van der Waals surface area contributed by atoms with E-state index >= 15 is 0 Å². The van der Waals surface area contributed by atoms with E-state index in [1.165, 1.54) is 11.1 Å². The van der Waals surface area contributed by atoms with E-state index in [0.29, 0.717) is 6.04 Å². The van der Waals surface area contributed by atoms with Crippen LogP contribution in [0.1, 0.15) is 30.5 Å². The number of nitrogens with one attached hydrogen (secondary N) is 1. The van der Waals surface area contributed by atoms with E-state index in [1.54, 1.807) is 0 Å². The largest absolute Gasteiger partial charge is 0.350 e. The van der Waals surface area contributed by atoms with Crippen molar-refractivity contribution >= 4 is 11.6 Å². The first-order valence-corrected chi connectivity index (χ1v) is 6.68. The maximum absolute atomic E-state index is 5.99. The molecule has 3 heteroatoms. The van der Waals surface area contributed by atoms with Crippen LogP contribution < -0.4 is 5.32 Å². The summed E-state index contributed by atoms with van der Waals surface area (Å²) in [6.07, 6.45) is 5.42. The van der Waals surface area contributed by atoms with E-state index in [4.69, 9.17) is 11.6 Å². The zero-order chi connectivity index (χ0) is 13.0. The Labute approximate surface area is 114 Å². The van der Waals surface area contributed by atoms with Crippen molar-refractivity contribution in [3.05, 3.63) is 58.9 Å². The zero-order valence-electron chi connectivity index (χ0n) is 10.9. The van der Waals surface area contributed by atoms with Crippen molar-refractivity contribution in [3.63, 3.8) is 0 Å². The van der Waals surface area contributed by atoms with Crippen LogP contribution >= 0.6 is 11.6 Å². The normalized spacial score (nSPS) is 12.6. The Morgan fingerprint density at radius 1 is 1.33 bits per heavy atom. The van der Waals surface area contributed by atoms with E-state index in [0.717, 1.165) is 18.0 Å². The number of aromatic nitrogens is 1. The second-order valence-electron chi connectivity index (χ2n) is 4.50. The Morgan fingerprint density at radius 2 is 2.17 bits per heavy atom. The van der Waals surface area contributed by atoms with Gasteiger partial charge in [0.05, 0.1) is 0 Å². The molecule has 18 heavy (non-hydrogen) atoms. The number of hydrogen-bond acceptors (Lipinski definition) is 1. The Bertz CT molecular complexity index is 501. The predicted molar refractivity (Wildman–Crippen MR) is 77.1 cm³/mol. The van der Waals surface area contributed by atoms with Gasteiger partial charge in [0, 0.05) is 30.0 Å². The van der Waals surface area contributed by atoms with Gasteiger partial charge >= 0.3 is 0 Å². The molecular weight excluding hydrogens is 244 g/mol. The van der Waals surface area contributed by atoms with Crippen LogP contribution in [0.5, 0.6) is 0 Å². The summed E-state index contributed by atoms with van der Waals surface area (Å²) < 4.78 is 2.20. The van der Waals surface area contributed by atoms with Crippen LogP contribution in [0.3, 0.4) is 0 Å². The first-order chi connectivity index (χ1) is 8.72. The minimum absolute atomic E-state index is 0.436. The first kappa shape index (κ1) is 13.2. The third-order valence-corrected chi connectivity index (χ3v) is 3.42. The van der Waals surface area contributed by atoms with E-state index in [2.05, 4.69) is 41.3 Å². The van der Waals surface area contributed by atoms with Gasteiger partial charge in [-0.2, -0.15) is 0 Å². The van der Waals surface area contributed by atoms with Crippen molar-refractivity contribution in [2.24, 2.45) is 0 Å². The molecule has 0 radical (unpaired) electrons. The SMILES string of the molecule is CCC(NC)c1ccn(Cc2cccc(Cl)c2)c1. The van der Waals surface area contributed by atoms with Crippen LogP contribution in [0, 0.1) is 0 Å². The van der Waals surface area contributed by atoms with E-state index in [1.807, 2.05) is 25.2 Å². The molecule has 0 aliphatic rings. The molecule has 1 aromatic heterocycles. The Morgan fingerprint density at radius 3 is 2.83 bits per heavy atom. The summed E-state index contributed by atoms with van der Waals surface area (Å²) in [5.74, 6) is 0. The van der Waals surface area contributed by atoms with Crippen molar-refractivity contribution in [1.29, 1.82) is 0 Å². The van der Waals surface area contributed by atoms with Gasteiger partial charge in [0.15, 0.2) is 0 Å². The van der Waals surface area contributed by atoms with Gasteiger partial charge in [0.1, 0.15) is 0 Å². The van der Waals surface area contributed by atoms with Gasteiger partial charge < -0.3 is 9.88 Å². The van der Waals surface area contributed by atoms with Crippen LogP contribution in [0.25, 0.3) is 0 Å². The number of benzene rings is 1. The molecule has 1 atom stereocenters. The monoisotopic (exact) mass is 262 g/mol. The Hall–Kier alpha value is -1.25. The summed E-state index contributed by atoms with van der Waals surface area (Å²) in [5, 5.41) is 4.11. The lowest BCUT2D eigenvalue weighted by Crippen LogP contribution is -2.14. The topological polar surface area (TPSA) is 17.0 Å². The molecule has 1 N–H and O–H groups in total. The lowest BCUT2D eigenvalue weighted by molar-refractivity contribution is 0.575. The highest BCUT2D eigenvalue weighted by Crippen LogP contribution is 2.18. The van der Waals surface area contributed by atoms with E-state index < -0.39 is 0 Å². The van der Waals surface area contributed by atoms with Gasteiger partial charge in [-0.25, -0.2) is 0 Å². The molecule has 2 rings (SSSR count). The quantitative estimate of drug-likeness (QED) is 0.866. The smallest absolute Gasteiger partial charge is 0.0470 e. The van der Waals surface area contributed by atoms with Crippen LogP contribution in [0.4, 0.5) is 0 Å². The fourth-order valence-electron chi connectivity index (χ4n) is 2.22. The van der Waals surface area contributed by atoms with Crippen molar-refractivity contribution in [1.82, 2.24) is 9.88 Å². The van der Waals surface area contributed by atoms with Crippen LogP contribution in [-0.2, 0) is 6.54 Å². The van der Waals surface area contributed by atoms with Gasteiger partial charge in [-0.05, 0) is 42.8 Å². The number of nitrogens with zero attached hydrogens (tertiary/aromatic N) is 1. The summed E-state index contributed by atoms with van der Waals surface area (Å²) in [6.45, 7) is 3.05. The first-order valence-electron chi connectivity index (χ1n) is 6.30. The molecule has 0 aliphatic heterocycles. The molecule has 0 bridgehead atoms. The molecular formula is C15H19ClN2. The van der Waals surface area contributed by atoms with Crippen molar-refractivity contribution < 1.29 is 0 Å². The van der Waals surface area contributed by atoms with Crippen LogP contribution in [0.15, 0.2) is 42.7 Å². The lowest BCUT2D eigenvalue weighted by Gasteiger charge is -2.11. The average Bonchev–Trinajstić information content (AvgIpc) is 2.79. The predicted octanol–water partition coefficient (Wildman–Crippen LogP) is 3.86. The molecule has 1 heterocycles. The average molecular weight is 263 g/mol. The highest BCUT2D eigenvalue weighted by molar-refractivity contribution is 6.30. The molecule has 96 valence electrons. The third-order valence-electron chi connectivity index (χ3n) is 3.19. The van der Waals surface area contributed by atoms with Crippen molar-refractivity contribution in [2.45, 2.75) is 25.9 Å². The second-order valence-corrected chi connectivity index (χ2v) is 4.93. The van der Waals surface area contributed by atoms with Crippen LogP contribution in [0.2, 0.25) is 5.02 Å². The molecule has 0 fully saturated rings. The Kier molecular flexibility index (Phi) is 4.45. The minimum Gasteiger partial charge on any atom is -0.350 e. The van der Waals surface area contributed by atoms with E-state index in [9.17, 15) is 0 Å². The summed E-state index contributed by atoms with van der Waals surface area (Å²) in [6, 6.07) is 10.6. The summed E-state index contributed by atoms with van der Waals surface area (Å²) in [5.41, 5.74) is 2.56. The molecule has 0 amide bonds. The highest BCUT2D eigenvalue weighted by atomic mass is 35.5. The van der Waals surface area contributed by atoms with Gasteiger partial charge in [-0.15, -0.1) is 0 Å². The second kappa shape index (κ2) is 6.07. The van der Waals surface area contributed by atoms with Crippen molar-refractivity contribution in [2.75, 3.05) is 7.05 Å². The molecule has 2 nitrogen and oxygen atoms in total. The fraction of sp³-hybridized carbons (Fsp3) is 0.333. The van der Waals surface area contributed by atoms with Gasteiger partial charge in [0.25, 0.3) is 0 Å². The van der Waals surface area contributed by atoms with Crippen LogP contribution in [-0.4, -0.2) is 11.6 Å². The molecule has 0 aliphatic carbocycles.